The van der Waals surface area contributed by atoms with Crippen LogP contribution in [0.2, 0.25) is 0 Å². The molecule has 0 bridgehead atoms. The van der Waals surface area contributed by atoms with Crippen LogP contribution in [0, 0.1) is 0 Å². The highest BCUT2D eigenvalue weighted by Crippen LogP contribution is 2.10. The minimum Gasteiger partial charge on any atom is -0.355 e. The van der Waals surface area contributed by atoms with Crippen molar-refractivity contribution in [2.24, 2.45) is 0 Å². The summed E-state index contributed by atoms with van der Waals surface area (Å²) >= 11 is 0. The van der Waals surface area contributed by atoms with E-state index in [9.17, 15) is 4.79 Å². The van der Waals surface area contributed by atoms with Gasteiger partial charge in [0.25, 0.3) is 0 Å². The van der Waals surface area contributed by atoms with E-state index in [1.165, 1.54) is 0 Å². The number of pyridine rings is 1. The monoisotopic (exact) mass is 278 g/mol. The molecule has 0 atom stereocenters. The van der Waals surface area contributed by atoms with Crippen molar-refractivity contribution < 1.29 is 4.79 Å². The molecule has 1 aromatic heterocycles. The van der Waals surface area contributed by atoms with Gasteiger partial charge in [0, 0.05) is 25.8 Å². The number of hydrogen-bond donors (Lipinski definition) is 2. The maximum atomic E-state index is 11.6. The van der Waals surface area contributed by atoms with Crippen molar-refractivity contribution in [2.75, 3.05) is 31.1 Å². The molecule has 1 rings (SSSR count). The number of anilines is 1. The molecule has 0 spiro atoms. The number of hydrogen-bond acceptors (Lipinski definition) is 4. The number of rotatable bonds is 9. The predicted molar refractivity (Wildman–Crippen MR) is 82.8 cm³/mol. The van der Waals surface area contributed by atoms with Gasteiger partial charge < -0.3 is 15.5 Å². The van der Waals surface area contributed by atoms with Crippen molar-refractivity contribution in [1.29, 1.82) is 0 Å². The summed E-state index contributed by atoms with van der Waals surface area (Å²) in [6.07, 6.45) is 3.00. The van der Waals surface area contributed by atoms with Gasteiger partial charge in [0.15, 0.2) is 0 Å². The third-order valence-electron chi connectivity index (χ3n) is 2.98. The van der Waals surface area contributed by atoms with Gasteiger partial charge in [0.1, 0.15) is 5.82 Å². The van der Waals surface area contributed by atoms with Crippen LogP contribution in [0.15, 0.2) is 18.3 Å². The molecule has 0 saturated carbocycles. The Morgan fingerprint density at radius 3 is 2.65 bits per heavy atom. The van der Waals surface area contributed by atoms with Gasteiger partial charge in [-0.3, -0.25) is 4.79 Å². The van der Waals surface area contributed by atoms with Crippen LogP contribution in [0.25, 0.3) is 0 Å². The van der Waals surface area contributed by atoms with Crippen LogP contribution in [0.3, 0.4) is 0 Å². The Hall–Kier alpha value is -1.62. The lowest BCUT2D eigenvalue weighted by molar-refractivity contribution is -0.119. The molecule has 0 aliphatic rings. The van der Waals surface area contributed by atoms with E-state index < -0.39 is 0 Å². The Kier molecular flexibility index (Phi) is 7.65. The van der Waals surface area contributed by atoms with Crippen molar-refractivity contribution in [3.8, 4) is 0 Å². The summed E-state index contributed by atoms with van der Waals surface area (Å²) in [5, 5.41) is 6.15. The first-order valence-electron chi connectivity index (χ1n) is 7.38. The SMILES string of the molecule is CCCNCc1ccc(N(CC)CC(=O)NCC)nc1. The van der Waals surface area contributed by atoms with Crippen molar-refractivity contribution in [3.05, 3.63) is 23.9 Å². The van der Waals surface area contributed by atoms with Crippen molar-refractivity contribution in [3.63, 3.8) is 0 Å². The molecule has 0 radical (unpaired) electrons. The summed E-state index contributed by atoms with van der Waals surface area (Å²) in [7, 11) is 0. The molecule has 2 N–H and O–H groups in total. The molecule has 5 heteroatoms. The van der Waals surface area contributed by atoms with Crippen LogP contribution in [0.1, 0.15) is 32.8 Å². The number of aromatic nitrogens is 1. The summed E-state index contributed by atoms with van der Waals surface area (Å²) < 4.78 is 0. The average molecular weight is 278 g/mol. The lowest BCUT2D eigenvalue weighted by Gasteiger charge is -2.21. The molecule has 1 heterocycles. The topological polar surface area (TPSA) is 57.3 Å². The highest BCUT2D eigenvalue weighted by atomic mass is 16.2. The first kappa shape index (κ1) is 16.4. The van der Waals surface area contributed by atoms with E-state index in [-0.39, 0.29) is 5.91 Å². The number of carbonyl (C=O) groups excluding carboxylic acids is 1. The summed E-state index contributed by atoms with van der Waals surface area (Å²) in [6, 6.07) is 4.04. The van der Waals surface area contributed by atoms with Gasteiger partial charge in [0.05, 0.1) is 6.54 Å². The second-order valence-corrected chi connectivity index (χ2v) is 4.67. The summed E-state index contributed by atoms with van der Waals surface area (Å²) in [5.74, 6) is 0.878. The molecule has 0 aliphatic heterocycles. The number of nitrogens with one attached hydrogen (secondary N) is 2. The summed E-state index contributed by atoms with van der Waals surface area (Å²) in [5.41, 5.74) is 1.16. The van der Waals surface area contributed by atoms with Crippen LogP contribution in [0.5, 0.6) is 0 Å². The van der Waals surface area contributed by atoms with E-state index in [0.29, 0.717) is 13.1 Å². The fourth-order valence-corrected chi connectivity index (χ4v) is 1.90. The van der Waals surface area contributed by atoms with Crippen LogP contribution in [0.4, 0.5) is 5.82 Å². The normalized spacial score (nSPS) is 10.3. The number of nitrogens with zero attached hydrogens (tertiary/aromatic N) is 2. The van der Waals surface area contributed by atoms with E-state index in [1.807, 2.05) is 31.0 Å². The number of amides is 1. The van der Waals surface area contributed by atoms with Gasteiger partial charge in [-0.05, 0) is 38.4 Å². The molecule has 0 aliphatic carbocycles. The van der Waals surface area contributed by atoms with Crippen molar-refractivity contribution in [2.45, 2.75) is 33.7 Å². The Labute approximate surface area is 121 Å². The van der Waals surface area contributed by atoms with E-state index in [1.54, 1.807) is 0 Å². The minimum atomic E-state index is 0.0323. The molecule has 0 unspecified atom stereocenters. The molecular weight excluding hydrogens is 252 g/mol. The smallest absolute Gasteiger partial charge is 0.239 e. The molecule has 0 saturated heterocycles. The lowest BCUT2D eigenvalue weighted by Crippen LogP contribution is -2.37. The molecule has 0 fully saturated rings. The predicted octanol–water partition coefficient (Wildman–Crippen LogP) is 1.54. The Balaban J connectivity index is 2.57. The number of carbonyl (C=O) groups is 1. The van der Waals surface area contributed by atoms with Crippen LogP contribution in [-0.4, -0.2) is 37.1 Å². The van der Waals surface area contributed by atoms with E-state index in [2.05, 4.69) is 28.6 Å². The third-order valence-corrected chi connectivity index (χ3v) is 2.98. The lowest BCUT2D eigenvalue weighted by atomic mass is 10.2. The largest absolute Gasteiger partial charge is 0.355 e. The van der Waals surface area contributed by atoms with Crippen LogP contribution in [-0.2, 0) is 11.3 Å². The van der Waals surface area contributed by atoms with Gasteiger partial charge in [-0.1, -0.05) is 13.0 Å². The fraction of sp³-hybridized carbons (Fsp3) is 0.600. The first-order valence-corrected chi connectivity index (χ1v) is 7.38. The van der Waals surface area contributed by atoms with E-state index in [0.717, 1.165) is 37.4 Å². The van der Waals surface area contributed by atoms with Gasteiger partial charge in [-0.15, -0.1) is 0 Å². The Bertz CT molecular complexity index is 391. The van der Waals surface area contributed by atoms with Gasteiger partial charge in [-0.25, -0.2) is 4.98 Å². The maximum Gasteiger partial charge on any atom is 0.239 e. The second-order valence-electron chi connectivity index (χ2n) is 4.67. The Morgan fingerprint density at radius 2 is 2.10 bits per heavy atom. The molecule has 0 aromatic carbocycles. The third kappa shape index (κ3) is 5.57. The van der Waals surface area contributed by atoms with Crippen LogP contribution >= 0.6 is 0 Å². The summed E-state index contributed by atoms with van der Waals surface area (Å²) in [4.78, 5) is 18.1. The highest BCUT2D eigenvalue weighted by molar-refractivity contribution is 5.80. The standard InChI is InChI=1S/C15H26N4O/c1-4-9-16-10-13-7-8-14(18-11-13)19(6-3)12-15(20)17-5-2/h7-8,11,16H,4-6,9-10,12H2,1-3H3,(H,17,20). The Morgan fingerprint density at radius 1 is 1.30 bits per heavy atom. The van der Waals surface area contributed by atoms with Crippen LogP contribution < -0.4 is 15.5 Å². The zero-order chi connectivity index (χ0) is 14.8. The maximum absolute atomic E-state index is 11.6. The zero-order valence-electron chi connectivity index (χ0n) is 12.8. The molecule has 1 aromatic rings. The average Bonchev–Trinajstić information content (AvgIpc) is 2.46. The highest BCUT2D eigenvalue weighted by Gasteiger charge is 2.10. The van der Waals surface area contributed by atoms with Gasteiger partial charge >= 0.3 is 0 Å². The molecular formula is C15H26N4O. The number of likely N-dealkylation sites (N-methyl/N-ethyl adjacent to an activating group) is 2. The molecule has 20 heavy (non-hydrogen) atoms. The van der Waals surface area contributed by atoms with Gasteiger partial charge in [-0.2, -0.15) is 0 Å². The van der Waals surface area contributed by atoms with E-state index >= 15 is 0 Å². The van der Waals surface area contributed by atoms with Crippen molar-refractivity contribution in [1.82, 2.24) is 15.6 Å². The zero-order valence-corrected chi connectivity index (χ0v) is 12.8. The minimum absolute atomic E-state index is 0.0323. The molecule has 112 valence electrons. The molecule has 5 nitrogen and oxygen atoms in total. The first-order chi connectivity index (χ1) is 9.71. The van der Waals surface area contributed by atoms with E-state index in [4.69, 9.17) is 0 Å². The summed E-state index contributed by atoms with van der Waals surface area (Å²) in [6.45, 7) is 9.72. The second kappa shape index (κ2) is 9.31. The fourth-order valence-electron chi connectivity index (χ4n) is 1.90. The quantitative estimate of drug-likeness (QED) is 0.673. The molecule has 1 amide bonds. The van der Waals surface area contributed by atoms with Gasteiger partial charge in [0.2, 0.25) is 5.91 Å². The van der Waals surface area contributed by atoms with Crippen molar-refractivity contribution >= 4 is 11.7 Å².